The number of benzene rings is 14. The highest BCUT2D eigenvalue weighted by molar-refractivity contribution is 6.25. The summed E-state index contributed by atoms with van der Waals surface area (Å²) in [4.78, 5) is 4.86. The molecule has 16 rings (SSSR count). The van der Waals surface area contributed by atoms with E-state index in [2.05, 4.69) is 325 Å². The molecule has 0 atom stereocenters. The zero-order valence-electron chi connectivity index (χ0n) is 45.6. The smallest absolute Gasteiger partial charge is 0.0541 e. The van der Waals surface area contributed by atoms with Crippen molar-refractivity contribution in [2.45, 2.75) is 19.3 Å². The average Bonchev–Trinajstić information content (AvgIpc) is 4.05. The Labute approximate surface area is 477 Å². The summed E-state index contributed by atoms with van der Waals surface area (Å²) in [6.07, 6.45) is 0. The molecule has 3 nitrogen and oxygen atoms in total. The van der Waals surface area contributed by atoms with Gasteiger partial charge in [0.1, 0.15) is 0 Å². The van der Waals surface area contributed by atoms with Crippen molar-refractivity contribution in [3.63, 3.8) is 0 Å². The van der Waals surface area contributed by atoms with E-state index >= 15 is 0 Å². The topological polar surface area (TPSA) is 11.4 Å². The number of rotatable bonds is 9. The number of hydrogen-bond donors (Lipinski definition) is 0. The van der Waals surface area contributed by atoms with Gasteiger partial charge in [0.15, 0.2) is 0 Å². The van der Waals surface area contributed by atoms with Crippen molar-refractivity contribution in [3.05, 3.63) is 308 Å². The normalized spacial score (nSPS) is 12.6. The van der Waals surface area contributed by atoms with Crippen LogP contribution in [-0.4, -0.2) is 4.57 Å². The van der Waals surface area contributed by atoms with Gasteiger partial charge in [0.05, 0.1) is 16.7 Å². The minimum absolute atomic E-state index is 0.301. The maximum atomic E-state index is 2.45. The lowest BCUT2D eigenvalue weighted by Crippen LogP contribution is -2.17. The number of hydrogen-bond acceptors (Lipinski definition) is 2. The summed E-state index contributed by atoms with van der Waals surface area (Å²) in [5.74, 6) is 0. The number of fused-ring (bicyclic) bond motifs is 13. The number of anilines is 6. The molecule has 3 heteroatoms. The van der Waals surface area contributed by atoms with Crippen molar-refractivity contribution >= 4 is 99.0 Å². The molecule has 0 N–H and O–H groups in total. The van der Waals surface area contributed by atoms with Crippen LogP contribution in [0.25, 0.3) is 104 Å². The summed E-state index contributed by atoms with van der Waals surface area (Å²) >= 11 is 0. The Bertz CT molecular complexity index is 4960. The summed E-state index contributed by atoms with van der Waals surface area (Å²) in [5, 5.41) is 12.6. The quantitative estimate of drug-likeness (QED) is 0.134. The Morgan fingerprint density at radius 3 is 1.32 bits per heavy atom. The van der Waals surface area contributed by atoms with Crippen LogP contribution < -0.4 is 9.80 Å². The molecule has 0 saturated heterocycles. The Morgan fingerprint density at radius 2 is 0.695 bits per heavy atom. The number of para-hydroxylation sites is 3. The van der Waals surface area contributed by atoms with E-state index in [4.69, 9.17) is 0 Å². The highest BCUT2D eigenvalue weighted by Crippen LogP contribution is 2.53. The van der Waals surface area contributed by atoms with Gasteiger partial charge in [0, 0.05) is 55.7 Å². The second-order valence-electron chi connectivity index (χ2n) is 22.5. The molecule has 15 aromatic rings. The first-order valence-corrected chi connectivity index (χ1v) is 28.5. The maximum Gasteiger partial charge on any atom is 0.0541 e. The number of nitrogens with zero attached hydrogens (tertiary/aromatic N) is 3. The average molecular weight is 1050 g/mol. The molecule has 1 aliphatic carbocycles. The molecule has 0 saturated carbocycles. The lowest BCUT2D eigenvalue weighted by atomic mass is 9.82. The second-order valence-corrected chi connectivity index (χ2v) is 22.5. The zero-order valence-corrected chi connectivity index (χ0v) is 45.6. The Kier molecular flexibility index (Phi) is 10.9. The summed E-state index contributed by atoms with van der Waals surface area (Å²) in [5.41, 5.74) is 19.9. The largest absolute Gasteiger partial charge is 0.310 e. The summed E-state index contributed by atoms with van der Waals surface area (Å²) in [6, 6.07) is 110. The van der Waals surface area contributed by atoms with Gasteiger partial charge in [-0.15, -0.1) is 0 Å². The van der Waals surface area contributed by atoms with Crippen molar-refractivity contribution in [1.29, 1.82) is 0 Å². The highest BCUT2D eigenvalue weighted by atomic mass is 15.1. The third kappa shape index (κ3) is 7.58. The molecule has 0 fully saturated rings. The van der Waals surface area contributed by atoms with Gasteiger partial charge in [0.25, 0.3) is 0 Å². The molecule has 0 unspecified atom stereocenters. The van der Waals surface area contributed by atoms with E-state index in [1.54, 1.807) is 0 Å². The summed E-state index contributed by atoms with van der Waals surface area (Å²) in [6.45, 7) is 4.79. The minimum Gasteiger partial charge on any atom is -0.310 e. The molecule has 14 aromatic carbocycles. The third-order valence-corrected chi connectivity index (χ3v) is 17.5. The molecule has 1 aromatic heterocycles. The van der Waals surface area contributed by atoms with Crippen LogP contribution in [0.1, 0.15) is 25.0 Å². The molecule has 0 bridgehead atoms. The summed E-state index contributed by atoms with van der Waals surface area (Å²) in [7, 11) is 0. The first kappa shape index (κ1) is 47.5. The maximum absolute atomic E-state index is 2.45. The van der Waals surface area contributed by atoms with Gasteiger partial charge < -0.3 is 14.4 Å². The van der Waals surface area contributed by atoms with Gasteiger partial charge in [-0.3, -0.25) is 0 Å². The molecular weight excluding hydrogens is 991 g/mol. The van der Waals surface area contributed by atoms with Crippen LogP contribution in [0.2, 0.25) is 0 Å². The first-order valence-electron chi connectivity index (χ1n) is 28.5. The minimum atomic E-state index is -0.301. The van der Waals surface area contributed by atoms with Gasteiger partial charge in [-0.2, -0.15) is 0 Å². The highest BCUT2D eigenvalue weighted by Gasteiger charge is 2.37. The van der Waals surface area contributed by atoms with Gasteiger partial charge >= 0.3 is 0 Å². The summed E-state index contributed by atoms with van der Waals surface area (Å²) < 4.78 is 2.38. The molecule has 1 heterocycles. The van der Waals surface area contributed by atoms with Gasteiger partial charge in [-0.1, -0.05) is 208 Å². The van der Waals surface area contributed by atoms with Gasteiger partial charge in [0.2, 0.25) is 0 Å². The Morgan fingerprint density at radius 1 is 0.268 bits per heavy atom. The van der Waals surface area contributed by atoms with Crippen LogP contribution in [0, 0.1) is 0 Å². The van der Waals surface area contributed by atoms with Crippen molar-refractivity contribution in [2.75, 3.05) is 9.80 Å². The van der Waals surface area contributed by atoms with Crippen LogP contribution in [0.3, 0.4) is 0 Å². The number of aromatic nitrogens is 1. The molecule has 0 radical (unpaired) electrons. The zero-order chi connectivity index (χ0) is 54.5. The molecular formula is C79H55N3. The Balaban J connectivity index is 0.803. The van der Waals surface area contributed by atoms with Gasteiger partial charge in [-0.05, 0) is 185 Å². The monoisotopic (exact) mass is 1050 g/mol. The molecule has 386 valence electrons. The van der Waals surface area contributed by atoms with Crippen LogP contribution in [0.5, 0.6) is 0 Å². The van der Waals surface area contributed by atoms with Crippen molar-refractivity contribution in [3.8, 4) is 39.1 Å². The molecule has 0 aliphatic heterocycles. The van der Waals surface area contributed by atoms with Crippen LogP contribution in [-0.2, 0) is 5.41 Å². The van der Waals surface area contributed by atoms with E-state index in [1.165, 1.54) is 109 Å². The fourth-order valence-electron chi connectivity index (χ4n) is 13.5. The molecule has 0 amide bonds. The van der Waals surface area contributed by atoms with E-state index in [9.17, 15) is 0 Å². The predicted molar refractivity (Wildman–Crippen MR) is 349 cm³/mol. The van der Waals surface area contributed by atoms with Crippen molar-refractivity contribution in [2.24, 2.45) is 0 Å². The van der Waals surface area contributed by atoms with Crippen LogP contribution in [0.15, 0.2) is 297 Å². The van der Waals surface area contributed by atoms with Gasteiger partial charge in [-0.25, -0.2) is 0 Å². The Hall–Kier alpha value is -10.5. The van der Waals surface area contributed by atoms with E-state index < -0.39 is 0 Å². The second kappa shape index (κ2) is 18.8. The first-order chi connectivity index (χ1) is 40.4. The molecule has 1 aliphatic rings. The van der Waals surface area contributed by atoms with Crippen molar-refractivity contribution < 1.29 is 0 Å². The lowest BCUT2D eigenvalue weighted by molar-refractivity contribution is 0.660. The lowest BCUT2D eigenvalue weighted by Gasteiger charge is -2.29. The molecule has 0 spiro atoms. The van der Waals surface area contributed by atoms with Crippen LogP contribution >= 0.6 is 0 Å². The fourth-order valence-corrected chi connectivity index (χ4v) is 13.5. The van der Waals surface area contributed by atoms with E-state index in [0.717, 1.165) is 39.8 Å². The molecule has 82 heavy (non-hydrogen) atoms. The predicted octanol–water partition coefficient (Wildman–Crippen LogP) is 22.0. The fraction of sp³-hybridized carbons (Fsp3) is 0.0380. The van der Waals surface area contributed by atoms with Crippen molar-refractivity contribution in [1.82, 2.24) is 4.57 Å². The van der Waals surface area contributed by atoms with E-state index in [1.807, 2.05) is 0 Å². The van der Waals surface area contributed by atoms with E-state index in [-0.39, 0.29) is 5.41 Å². The third-order valence-electron chi connectivity index (χ3n) is 17.5. The standard InChI is InChI=1S/C79H55N3/c1-79(2)74-50-61(42-45-69(74)70-46-43-62(51-75(70)79)81(57-20-5-3-6-21-57)76-31-17-19-54-18-9-10-24-63(54)76)80(59-38-32-52(33-39-59)55-36-44-68-66-27-12-11-25-64(66)65-26-13-14-28-67(65)72(68)48-55)60-40-34-53(35-41-60)56-37-47-78-73(49-56)71-29-15-16-30-77(71)82(78)58-22-7-4-8-23-58/h3-51H,1-2H3. The van der Waals surface area contributed by atoms with E-state index in [0.29, 0.717) is 0 Å². The SMILES string of the molecule is CC1(C)c2cc(N(c3ccc(-c4ccc5c6ccccc6c6ccccc6c5c4)cc3)c3ccc(-c4ccc5c(c4)c4ccccc4n5-c4ccccc4)cc3)ccc2-c2ccc(N(c3ccccc3)c3cccc4ccccc34)cc21. The van der Waals surface area contributed by atoms with Crippen LogP contribution in [0.4, 0.5) is 34.1 Å².